The molecule has 0 aliphatic rings. The van der Waals surface area contributed by atoms with E-state index in [1.165, 1.54) is 6.92 Å². The van der Waals surface area contributed by atoms with E-state index >= 15 is 0 Å². The Morgan fingerprint density at radius 3 is 2.75 bits per heavy atom. The van der Waals surface area contributed by atoms with Gasteiger partial charge in [0, 0.05) is 30.1 Å². The van der Waals surface area contributed by atoms with Gasteiger partial charge in [-0.15, -0.1) is 0 Å². The second kappa shape index (κ2) is 5.51. The number of anilines is 2. The molecule has 1 unspecified atom stereocenters. The van der Waals surface area contributed by atoms with Crippen LogP contribution in [0.4, 0.5) is 11.4 Å². The fourth-order valence-corrected chi connectivity index (χ4v) is 1.55. The maximum atomic E-state index is 11.2. The number of benzene rings is 1. The van der Waals surface area contributed by atoms with Crippen molar-refractivity contribution in [2.45, 2.75) is 19.9 Å². The first-order chi connectivity index (χ1) is 7.54. The van der Waals surface area contributed by atoms with Gasteiger partial charge in [-0.3, -0.25) is 4.79 Å². The standard InChI is InChI=1S/C12H18N2O2/c1-8(7-16-3)14-10-4-5-11(9(2)15)12(13)6-10/h4-6,8,14H,7,13H2,1-3H3. The number of methoxy groups -OCH3 is 1. The number of hydrogen-bond donors (Lipinski definition) is 2. The van der Waals surface area contributed by atoms with Gasteiger partial charge in [-0.2, -0.15) is 0 Å². The summed E-state index contributed by atoms with van der Waals surface area (Å²) in [7, 11) is 1.66. The number of rotatable bonds is 5. The van der Waals surface area contributed by atoms with E-state index in [1.54, 1.807) is 19.2 Å². The molecule has 0 amide bonds. The lowest BCUT2D eigenvalue weighted by atomic mass is 10.1. The Balaban J connectivity index is 2.77. The van der Waals surface area contributed by atoms with Crippen LogP contribution in [0.2, 0.25) is 0 Å². The number of ether oxygens (including phenoxy) is 1. The van der Waals surface area contributed by atoms with E-state index in [9.17, 15) is 4.79 Å². The largest absolute Gasteiger partial charge is 0.398 e. The van der Waals surface area contributed by atoms with Crippen molar-refractivity contribution in [3.63, 3.8) is 0 Å². The zero-order valence-electron chi connectivity index (χ0n) is 9.91. The summed E-state index contributed by atoms with van der Waals surface area (Å²) in [5.41, 5.74) is 7.74. The predicted octanol–water partition coefficient (Wildman–Crippen LogP) is 1.92. The molecule has 0 saturated carbocycles. The van der Waals surface area contributed by atoms with Crippen LogP contribution >= 0.6 is 0 Å². The molecular formula is C12H18N2O2. The van der Waals surface area contributed by atoms with Gasteiger partial charge in [-0.25, -0.2) is 0 Å². The number of Topliss-reactive ketones (excluding diaryl/α,β-unsaturated/α-hetero) is 1. The maximum absolute atomic E-state index is 11.2. The molecule has 16 heavy (non-hydrogen) atoms. The molecule has 1 atom stereocenters. The van der Waals surface area contributed by atoms with Gasteiger partial charge in [0.15, 0.2) is 5.78 Å². The van der Waals surface area contributed by atoms with E-state index in [2.05, 4.69) is 5.32 Å². The van der Waals surface area contributed by atoms with Crippen LogP contribution in [0.15, 0.2) is 18.2 Å². The Morgan fingerprint density at radius 2 is 2.25 bits per heavy atom. The third kappa shape index (κ3) is 3.24. The zero-order chi connectivity index (χ0) is 12.1. The molecule has 0 aliphatic carbocycles. The quantitative estimate of drug-likeness (QED) is 0.590. The first-order valence-corrected chi connectivity index (χ1v) is 5.20. The van der Waals surface area contributed by atoms with E-state index in [0.29, 0.717) is 17.9 Å². The van der Waals surface area contributed by atoms with Crippen molar-refractivity contribution in [2.75, 3.05) is 24.8 Å². The van der Waals surface area contributed by atoms with Crippen molar-refractivity contribution >= 4 is 17.2 Å². The molecule has 0 radical (unpaired) electrons. The van der Waals surface area contributed by atoms with Crippen molar-refractivity contribution in [3.05, 3.63) is 23.8 Å². The second-order valence-corrected chi connectivity index (χ2v) is 3.86. The van der Waals surface area contributed by atoms with Gasteiger partial charge in [0.1, 0.15) is 0 Å². The molecule has 0 aliphatic heterocycles. The first kappa shape index (κ1) is 12.5. The molecule has 1 aromatic carbocycles. The van der Waals surface area contributed by atoms with Gasteiger partial charge in [-0.1, -0.05) is 0 Å². The molecule has 0 spiro atoms. The summed E-state index contributed by atoms with van der Waals surface area (Å²) in [6.07, 6.45) is 0. The predicted molar refractivity (Wildman–Crippen MR) is 65.8 cm³/mol. The Bertz CT molecular complexity index is 377. The molecule has 0 heterocycles. The smallest absolute Gasteiger partial charge is 0.161 e. The van der Waals surface area contributed by atoms with Crippen LogP contribution in [0.3, 0.4) is 0 Å². The number of carbonyl (C=O) groups is 1. The highest BCUT2D eigenvalue weighted by Crippen LogP contribution is 2.19. The molecule has 1 aromatic rings. The third-order valence-corrected chi connectivity index (χ3v) is 2.26. The molecule has 0 saturated heterocycles. The van der Waals surface area contributed by atoms with Crippen LogP contribution in [0, 0.1) is 0 Å². The monoisotopic (exact) mass is 222 g/mol. The number of ketones is 1. The Kier molecular flexibility index (Phi) is 4.31. The summed E-state index contributed by atoms with van der Waals surface area (Å²) in [6, 6.07) is 5.55. The molecule has 0 fully saturated rings. The zero-order valence-corrected chi connectivity index (χ0v) is 9.91. The van der Waals surface area contributed by atoms with E-state index in [0.717, 1.165) is 5.69 Å². The lowest BCUT2D eigenvalue weighted by molar-refractivity contribution is 0.101. The molecule has 4 nitrogen and oxygen atoms in total. The summed E-state index contributed by atoms with van der Waals surface area (Å²) in [5, 5.41) is 3.23. The third-order valence-electron chi connectivity index (χ3n) is 2.26. The highest BCUT2D eigenvalue weighted by Gasteiger charge is 2.06. The SMILES string of the molecule is COCC(C)Nc1ccc(C(C)=O)c(N)c1. The minimum absolute atomic E-state index is 0.0195. The van der Waals surface area contributed by atoms with Crippen LogP contribution < -0.4 is 11.1 Å². The topological polar surface area (TPSA) is 64.3 Å². The molecule has 0 bridgehead atoms. The van der Waals surface area contributed by atoms with E-state index in [1.807, 2.05) is 13.0 Å². The molecule has 1 rings (SSSR count). The van der Waals surface area contributed by atoms with Gasteiger partial charge in [0.25, 0.3) is 0 Å². The van der Waals surface area contributed by atoms with Gasteiger partial charge >= 0.3 is 0 Å². The summed E-state index contributed by atoms with van der Waals surface area (Å²) in [6.45, 7) is 4.14. The minimum Gasteiger partial charge on any atom is -0.398 e. The van der Waals surface area contributed by atoms with E-state index in [4.69, 9.17) is 10.5 Å². The maximum Gasteiger partial charge on any atom is 0.161 e. The van der Waals surface area contributed by atoms with Crippen LogP contribution in [0.25, 0.3) is 0 Å². The summed E-state index contributed by atoms with van der Waals surface area (Å²) >= 11 is 0. The van der Waals surface area contributed by atoms with Crippen LogP contribution in [0.5, 0.6) is 0 Å². The number of nitrogens with two attached hydrogens (primary N) is 1. The molecular weight excluding hydrogens is 204 g/mol. The van der Waals surface area contributed by atoms with Crippen LogP contribution in [-0.2, 0) is 4.74 Å². The van der Waals surface area contributed by atoms with Crippen molar-refractivity contribution in [3.8, 4) is 0 Å². The number of hydrogen-bond acceptors (Lipinski definition) is 4. The van der Waals surface area contributed by atoms with Crippen molar-refractivity contribution in [1.29, 1.82) is 0 Å². The number of carbonyl (C=O) groups excluding carboxylic acids is 1. The molecule has 88 valence electrons. The van der Waals surface area contributed by atoms with Gasteiger partial charge < -0.3 is 15.8 Å². The molecule has 4 heteroatoms. The number of nitrogen functional groups attached to an aromatic ring is 1. The average molecular weight is 222 g/mol. The van der Waals surface area contributed by atoms with Gasteiger partial charge in [0.05, 0.1) is 6.61 Å². The van der Waals surface area contributed by atoms with Crippen molar-refractivity contribution in [2.24, 2.45) is 0 Å². The normalized spacial score (nSPS) is 12.2. The Labute approximate surface area is 95.8 Å². The number of nitrogens with one attached hydrogen (secondary N) is 1. The van der Waals surface area contributed by atoms with Crippen molar-refractivity contribution in [1.82, 2.24) is 0 Å². The summed E-state index contributed by atoms with van der Waals surface area (Å²) in [5.74, 6) is -0.0195. The van der Waals surface area contributed by atoms with Gasteiger partial charge in [-0.05, 0) is 32.0 Å². The lowest BCUT2D eigenvalue weighted by Crippen LogP contribution is -2.20. The minimum atomic E-state index is -0.0195. The highest BCUT2D eigenvalue weighted by atomic mass is 16.5. The summed E-state index contributed by atoms with van der Waals surface area (Å²) in [4.78, 5) is 11.2. The van der Waals surface area contributed by atoms with Gasteiger partial charge in [0.2, 0.25) is 0 Å². The first-order valence-electron chi connectivity index (χ1n) is 5.20. The van der Waals surface area contributed by atoms with Crippen molar-refractivity contribution < 1.29 is 9.53 Å². The molecule has 0 aromatic heterocycles. The average Bonchev–Trinajstić information content (AvgIpc) is 2.17. The fraction of sp³-hybridized carbons (Fsp3) is 0.417. The van der Waals surface area contributed by atoms with Crippen LogP contribution in [-0.4, -0.2) is 25.5 Å². The summed E-state index contributed by atoms with van der Waals surface area (Å²) < 4.78 is 5.02. The van der Waals surface area contributed by atoms with E-state index in [-0.39, 0.29) is 11.8 Å². The Morgan fingerprint density at radius 1 is 1.56 bits per heavy atom. The Hall–Kier alpha value is -1.55. The fourth-order valence-electron chi connectivity index (χ4n) is 1.55. The second-order valence-electron chi connectivity index (χ2n) is 3.86. The van der Waals surface area contributed by atoms with Crippen LogP contribution in [0.1, 0.15) is 24.2 Å². The molecule has 3 N–H and O–H groups in total. The highest BCUT2D eigenvalue weighted by molar-refractivity contribution is 5.99. The van der Waals surface area contributed by atoms with E-state index < -0.39 is 0 Å². The lowest BCUT2D eigenvalue weighted by Gasteiger charge is -2.15.